The zero-order valence-electron chi connectivity index (χ0n) is 10.8. The molecule has 0 aromatic heterocycles. The highest BCUT2D eigenvalue weighted by molar-refractivity contribution is 5.90. The van der Waals surface area contributed by atoms with Crippen molar-refractivity contribution >= 4 is 17.3 Å². The molecule has 0 saturated heterocycles. The molecule has 0 bridgehead atoms. The van der Waals surface area contributed by atoms with E-state index in [1.807, 2.05) is 32.0 Å². The lowest BCUT2D eigenvalue weighted by molar-refractivity contribution is -0.114. The van der Waals surface area contributed by atoms with Crippen LogP contribution in [0.1, 0.15) is 19.4 Å². The number of aryl methyl sites for hydroxylation is 1. The van der Waals surface area contributed by atoms with Gasteiger partial charge in [0.05, 0.1) is 6.61 Å². The van der Waals surface area contributed by atoms with E-state index in [-0.39, 0.29) is 11.9 Å². The predicted octanol–water partition coefficient (Wildman–Crippen LogP) is 2.40. The minimum absolute atomic E-state index is 0.0600. The van der Waals surface area contributed by atoms with Crippen LogP contribution in [0.15, 0.2) is 18.2 Å². The van der Waals surface area contributed by atoms with E-state index in [2.05, 4.69) is 10.6 Å². The van der Waals surface area contributed by atoms with Gasteiger partial charge in [0, 0.05) is 31.5 Å². The molecule has 2 N–H and O–H groups in total. The Kier molecular flexibility index (Phi) is 4.97. The van der Waals surface area contributed by atoms with Crippen molar-refractivity contribution in [3.05, 3.63) is 23.8 Å². The first-order valence-corrected chi connectivity index (χ1v) is 5.66. The number of rotatable bonds is 5. The SMILES string of the molecule is COCC(C)Nc1ccc(C)c(NC(C)=O)c1. The molecule has 1 aromatic carbocycles. The van der Waals surface area contributed by atoms with E-state index < -0.39 is 0 Å². The number of methoxy groups -OCH3 is 1. The lowest BCUT2D eigenvalue weighted by atomic mass is 10.1. The van der Waals surface area contributed by atoms with E-state index >= 15 is 0 Å². The third-order valence-electron chi connectivity index (χ3n) is 2.38. The van der Waals surface area contributed by atoms with Gasteiger partial charge in [0.1, 0.15) is 0 Å². The number of nitrogens with one attached hydrogen (secondary N) is 2. The van der Waals surface area contributed by atoms with Crippen LogP contribution in [-0.4, -0.2) is 25.7 Å². The van der Waals surface area contributed by atoms with Gasteiger partial charge in [0.15, 0.2) is 0 Å². The molecule has 1 amide bonds. The van der Waals surface area contributed by atoms with E-state index in [1.165, 1.54) is 6.92 Å². The third-order valence-corrected chi connectivity index (χ3v) is 2.38. The standard InChI is InChI=1S/C13H20N2O2/c1-9-5-6-12(14-10(2)8-17-4)7-13(9)15-11(3)16/h5-7,10,14H,8H2,1-4H3,(H,15,16). The van der Waals surface area contributed by atoms with Gasteiger partial charge in [-0.05, 0) is 31.5 Å². The number of hydrogen-bond acceptors (Lipinski definition) is 3. The van der Waals surface area contributed by atoms with Crippen LogP contribution in [-0.2, 0) is 9.53 Å². The molecule has 0 aliphatic carbocycles. The molecule has 0 fully saturated rings. The molecule has 0 spiro atoms. The average Bonchev–Trinajstić information content (AvgIpc) is 2.22. The molecule has 4 heteroatoms. The lowest BCUT2D eigenvalue weighted by Gasteiger charge is -2.16. The van der Waals surface area contributed by atoms with Crippen LogP contribution in [0.3, 0.4) is 0 Å². The largest absolute Gasteiger partial charge is 0.383 e. The fourth-order valence-electron chi connectivity index (χ4n) is 1.61. The predicted molar refractivity (Wildman–Crippen MR) is 70.4 cm³/mol. The van der Waals surface area contributed by atoms with Gasteiger partial charge < -0.3 is 15.4 Å². The van der Waals surface area contributed by atoms with E-state index in [0.717, 1.165) is 16.9 Å². The molecule has 0 aliphatic heterocycles. The Morgan fingerprint density at radius 2 is 2.18 bits per heavy atom. The van der Waals surface area contributed by atoms with Gasteiger partial charge in [0.2, 0.25) is 5.91 Å². The van der Waals surface area contributed by atoms with Gasteiger partial charge in [-0.1, -0.05) is 6.07 Å². The van der Waals surface area contributed by atoms with Crippen LogP contribution in [0.4, 0.5) is 11.4 Å². The zero-order chi connectivity index (χ0) is 12.8. The minimum Gasteiger partial charge on any atom is -0.383 e. The number of anilines is 2. The van der Waals surface area contributed by atoms with E-state index in [9.17, 15) is 4.79 Å². The van der Waals surface area contributed by atoms with Gasteiger partial charge >= 0.3 is 0 Å². The topological polar surface area (TPSA) is 50.4 Å². The average molecular weight is 236 g/mol. The normalized spacial score (nSPS) is 12.0. The van der Waals surface area contributed by atoms with Crippen molar-refractivity contribution in [3.63, 3.8) is 0 Å². The maximum absolute atomic E-state index is 11.0. The van der Waals surface area contributed by atoms with Crippen LogP contribution >= 0.6 is 0 Å². The van der Waals surface area contributed by atoms with Gasteiger partial charge in [-0.3, -0.25) is 4.79 Å². The monoisotopic (exact) mass is 236 g/mol. The highest BCUT2D eigenvalue weighted by Gasteiger charge is 2.05. The molecule has 1 atom stereocenters. The summed E-state index contributed by atoms with van der Waals surface area (Å²) < 4.78 is 5.06. The summed E-state index contributed by atoms with van der Waals surface area (Å²) in [7, 11) is 1.68. The maximum Gasteiger partial charge on any atom is 0.221 e. The molecular formula is C13H20N2O2. The minimum atomic E-state index is -0.0600. The summed E-state index contributed by atoms with van der Waals surface area (Å²) in [6.07, 6.45) is 0. The summed E-state index contributed by atoms with van der Waals surface area (Å²) in [4.78, 5) is 11.0. The van der Waals surface area contributed by atoms with E-state index in [4.69, 9.17) is 4.74 Å². The smallest absolute Gasteiger partial charge is 0.221 e. The Hall–Kier alpha value is -1.55. The summed E-state index contributed by atoms with van der Waals surface area (Å²) in [5.41, 5.74) is 2.86. The summed E-state index contributed by atoms with van der Waals surface area (Å²) in [5.74, 6) is -0.0600. The fraction of sp³-hybridized carbons (Fsp3) is 0.462. The molecule has 0 radical (unpaired) electrons. The summed E-state index contributed by atoms with van der Waals surface area (Å²) in [6.45, 7) is 6.16. The second-order valence-corrected chi connectivity index (χ2v) is 4.21. The van der Waals surface area contributed by atoms with Crippen molar-refractivity contribution in [1.29, 1.82) is 0 Å². The molecule has 1 unspecified atom stereocenters. The quantitative estimate of drug-likeness (QED) is 0.825. The first-order valence-electron chi connectivity index (χ1n) is 5.66. The first kappa shape index (κ1) is 13.5. The Morgan fingerprint density at radius 1 is 1.47 bits per heavy atom. The number of carbonyl (C=O) groups excluding carboxylic acids is 1. The Morgan fingerprint density at radius 3 is 2.76 bits per heavy atom. The van der Waals surface area contributed by atoms with Crippen molar-refractivity contribution in [1.82, 2.24) is 0 Å². The highest BCUT2D eigenvalue weighted by Crippen LogP contribution is 2.20. The Bertz CT molecular complexity index is 391. The van der Waals surface area contributed by atoms with Crippen molar-refractivity contribution in [3.8, 4) is 0 Å². The van der Waals surface area contributed by atoms with Gasteiger partial charge in [-0.15, -0.1) is 0 Å². The van der Waals surface area contributed by atoms with Gasteiger partial charge in [-0.25, -0.2) is 0 Å². The molecule has 94 valence electrons. The van der Waals surface area contributed by atoms with E-state index in [1.54, 1.807) is 7.11 Å². The Labute approximate surface area is 102 Å². The van der Waals surface area contributed by atoms with Crippen molar-refractivity contribution < 1.29 is 9.53 Å². The molecule has 17 heavy (non-hydrogen) atoms. The van der Waals surface area contributed by atoms with Crippen molar-refractivity contribution in [2.45, 2.75) is 26.8 Å². The van der Waals surface area contributed by atoms with Crippen molar-refractivity contribution in [2.24, 2.45) is 0 Å². The molecule has 1 aromatic rings. The third kappa shape index (κ3) is 4.44. The van der Waals surface area contributed by atoms with Crippen LogP contribution < -0.4 is 10.6 Å². The number of amides is 1. The van der Waals surface area contributed by atoms with Crippen LogP contribution in [0.5, 0.6) is 0 Å². The number of benzene rings is 1. The maximum atomic E-state index is 11.0. The summed E-state index contributed by atoms with van der Waals surface area (Å²) in [5, 5.41) is 6.12. The van der Waals surface area contributed by atoms with Gasteiger partial charge in [-0.2, -0.15) is 0 Å². The lowest BCUT2D eigenvalue weighted by Crippen LogP contribution is -2.20. The second kappa shape index (κ2) is 6.25. The molecule has 0 saturated carbocycles. The van der Waals surface area contributed by atoms with Crippen LogP contribution in [0.2, 0.25) is 0 Å². The fourth-order valence-corrected chi connectivity index (χ4v) is 1.61. The second-order valence-electron chi connectivity index (χ2n) is 4.21. The molecule has 0 aliphatic rings. The van der Waals surface area contributed by atoms with E-state index in [0.29, 0.717) is 6.61 Å². The molecular weight excluding hydrogens is 216 g/mol. The van der Waals surface area contributed by atoms with Gasteiger partial charge in [0.25, 0.3) is 0 Å². The first-order chi connectivity index (χ1) is 8.02. The molecule has 1 rings (SSSR count). The van der Waals surface area contributed by atoms with Crippen LogP contribution in [0.25, 0.3) is 0 Å². The summed E-state index contributed by atoms with van der Waals surface area (Å²) >= 11 is 0. The zero-order valence-corrected chi connectivity index (χ0v) is 10.8. The Balaban J connectivity index is 2.77. The number of ether oxygens (including phenoxy) is 1. The van der Waals surface area contributed by atoms with Crippen molar-refractivity contribution in [2.75, 3.05) is 24.4 Å². The summed E-state index contributed by atoms with van der Waals surface area (Å²) in [6, 6.07) is 6.14. The number of carbonyl (C=O) groups is 1. The van der Waals surface area contributed by atoms with Crippen LogP contribution in [0, 0.1) is 6.92 Å². The molecule has 4 nitrogen and oxygen atoms in total. The highest BCUT2D eigenvalue weighted by atomic mass is 16.5. The molecule has 0 heterocycles. The number of hydrogen-bond donors (Lipinski definition) is 2.